The van der Waals surface area contributed by atoms with Crippen LogP contribution in [0.15, 0.2) is 66.0 Å². The summed E-state index contributed by atoms with van der Waals surface area (Å²) in [5.41, 5.74) is 4.20. The minimum Gasteiger partial charge on any atom is -0.497 e. The van der Waals surface area contributed by atoms with Crippen LogP contribution in [0.4, 0.5) is 0 Å². The molecule has 2 heterocycles. The summed E-state index contributed by atoms with van der Waals surface area (Å²) < 4.78 is 33.1. The zero-order valence-corrected chi connectivity index (χ0v) is 16.8. The number of hydrogen-bond donors (Lipinski definition) is 2. The minimum absolute atomic E-state index is 0.177. The third-order valence-electron chi connectivity index (χ3n) is 4.71. The lowest BCUT2D eigenvalue weighted by Gasteiger charge is -2.09. The molecule has 0 saturated heterocycles. The fourth-order valence-corrected chi connectivity index (χ4v) is 4.19. The second-order valence-corrected chi connectivity index (χ2v) is 8.38. The Morgan fingerprint density at radius 2 is 1.90 bits per heavy atom. The molecule has 8 heteroatoms. The Morgan fingerprint density at radius 1 is 1.10 bits per heavy atom. The predicted molar refractivity (Wildman–Crippen MR) is 111 cm³/mol. The third kappa shape index (κ3) is 3.85. The van der Waals surface area contributed by atoms with Crippen molar-refractivity contribution in [2.75, 3.05) is 7.11 Å². The van der Waals surface area contributed by atoms with Gasteiger partial charge in [0.25, 0.3) is 0 Å². The van der Waals surface area contributed by atoms with Crippen LogP contribution in [-0.2, 0) is 16.6 Å². The number of nitrogens with one attached hydrogen (secondary N) is 2. The maximum Gasteiger partial charge on any atom is 0.240 e. The number of aryl methyl sites for hydroxylation is 1. The molecule has 0 spiro atoms. The average Bonchev–Trinajstić information content (AvgIpc) is 3.14. The van der Waals surface area contributed by atoms with Crippen LogP contribution in [0.3, 0.4) is 0 Å². The summed E-state index contributed by atoms with van der Waals surface area (Å²) in [6.45, 7) is 2.16. The first-order chi connectivity index (χ1) is 14.0. The van der Waals surface area contributed by atoms with Gasteiger partial charge in [0, 0.05) is 23.7 Å². The average molecular weight is 408 g/mol. The SMILES string of the molecule is COc1cccc(CNS(=O)(=O)c2ccc(-c3ncnc4[nH]cc(C)c34)cc2)c1. The van der Waals surface area contributed by atoms with Gasteiger partial charge < -0.3 is 9.72 Å². The first-order valence-corrected chi connectivity index (χ1v) is 10.5. The number of ether oxygens (including phenoxy) is 1. The number of aromatic amines is 1. The number of nitrogens with zero attached hydrogens (tertiary/aromatic N) is 2. The monoisotopic (exact) mass is 408 g/mol. The Bertz CT molecular complexity index is 1260. The molecule has 4 aromatic rings. The van der Waals surface area contributed by atoms with Crippen molar-refractivity contribution in [3.8, 4) is 17.0 Å². The van der Waals surface area contributed by atoms with Gasteiger partial charge in [-0.3, -0.25) is 0 Å². The van der Waals surface area contributed by atoms with E-state index in [9.17, 15) is 8.42 Å². The maximum absolute atomic E-state index is 12.7. The van der Waals surface area contributed by atoms with Crippen LogP contribution >= 0.6 is 0 Å². The van der Waals surface area contributed by atoms with E-state index in [2.05, 4.69) is 19.7 Å². The first kappa shape index (κ1) is 19.1. The number of hydrogen-bond acceptors (Lipinski definition) is 5. The lowest BCUT2D eigenvalue weighted by molar-refractivity contribution is 0.414. The maximum atomic E-state index is 12.7. The second kappa shape index (κ2) is 7.65. The summed E-state index contributed by atoms with van der Waals surface area (Å²) >= 11 is 0. The lowest BCUT2D eigenvalue weighted by atomic mass is 10.1. The molecule has 4 rings (SSSR count). The van der Waals surface area contributed by atoms with Gasteiger partial charge in [0.15, 0.2) is 0 Å². The van der Waals surface area contributed by atoms with E-state index >= 15 is 0 Å². The highest BCUT2D eigenvalue weighted by Gasteiger charge is 2.15. The van der Waals surface area contributed by atoms with E-state index in [1.165, 1.54) is 6.33 Å². The number of H-pyrrole nitrogens is 1. The Hall–Kier alpha value is -3.23. The van der Waals surface area contributed by atoms with Gasteiger partial charge in [0.05, 0.1) is 17.7 Å². The standard InChI is InChI=1S/C21H20N4O3S/c1-14-11-22-21-19(14)20(23-13-24-21)16-6-8-18(9-7-16)29(26,27)25-12-15-4-3-5-17(10-15)28-2/h3-11,13,25H,12H2,1-2H3,(H,22,23,24). The quantitative estimate of drug-likeness (QED) is 0.510. The van der Waals surface area contributed by atoms with Gasteiger partial charge in [-0.1, -0.05) is 24.3 Å². The van der Waals surface area contributed by atoms with Crippen molar-refractivity contribution in [3.05, 3.63) is 72.2 Å². The van der Waals surface area contributed by atoms with Gasteiger partial charge >= 0.3 is 0 Å². The summed E-state index contributed by atoms with van der Waals surface area (Å²) in [7, 11) is -2.07. The van der Waals surface area contributed by atoms with Gasteiger partial charge in [-0.2, -0.15) is 0 Å². The molecule has 0 fully saturated rings. The molecule has 29 heavy (non-hydrogen) atoms. The number of rotatable bonds is 6. The lowest BCUT2D eigenvalue weighted by Crippen LogP contribution is -2.23. The van der Waals surface area contributed by atoms with E-state index in [1.807, 2.05) is 31.3 Å². The van der Waals surface area contributed by atoms with Crippen LogP contribution in [0.2, 0.25) is 0 Å². The molecule has 0 bridgehead atoms. The molecule has 0 atom stereocenters. The summed E-state index contributed by atoms with van der Waals surface area (Å²) in [6.07, 6.45) is 3.37. The van der Waals surface area contributed by atoms with Gasteiger partial charge in [-0.15, -0.1) is 0 Å². The van der Waals surface area contributed by atoms with E-state index in [-0.39, 0.29) is 11.4 Å². The summed E-state index contributed by atoms with van der Waals surface area (Å²) in [5, 5.41) is 0.930. The highest BCUT2D eigenvalue weighted by atomic mass is 32.2. The number of methoxy groups -OCH3 is 1. The molecule has 0 aliphatic rings. The van der Waals surface area contributed by atoms with Gasteiger partial charge in [0.2, 0.25) is 10.0 Å². The zero-order valence-electron chi connectivity index (χ0n) is 16.0. The second-order valence-electron chi connectivity index (χ2n) is 6.62. The van der Waals surface area contributed by atoms with E-state index in [0.717, 1.165) is 33.4 Å². The van der Waals surface area contributed by atoms with E-state index in [0.29, 0.717) is 5.75 Å². The Morgan fingerprint density at radius 3 is 2.66 bits per heavy atom. The highest BCUT2D eigenvalue weighted by Crippen LogP contribution is 2.28. The molecule has 2 aromatic carbocycles. The van der Waals surface area contributed by atoms with Gasteiger partial charge in [-0.25, -0.2) is 23.1 Å². The van der Waals surface area contributed by atoms with Crippen molar-refractivity contribution in [1.82, 2.24) is 19.7 Å². The molecule has 0 amide bonds. The van der Waals surface area contributed by atoms with Crippen molar-refractivity contribution >= 4 is 21.1 Å². The third-order valence-corrected chi connectivity index (χ3v) is 6.12. The predicted octanol–water partition coefficient (Wildman–Crippen LogP) is 3.42. The number of benzene rings is 2. The molecule has 7 nitrogen and oxygen atoms in total. The molecule has 0 radical (unpaired) electrons. The van der Waals surface area contributed by atoms with Crippen molar-refractivity contribution in [1.29, 1.82) is 0 Å². The van der Waals surface area contributed by atoms with Crippen molar-refractivity contribution < 1.29 is 13.2 Å². The molecule has 2 aromatic heterocycles. The van der Waals surface area contributed by atoms with Crippen molar-refractivity contribution in [2.24, 2.45) is 0 Å². The van der Waals surface area contributed by atoms with Crippen LogP contribution < -0.4 is 9.46 Å². The summed E-state index contributed by atoms with van der Waals surface area (Å²) in [4.78, 5) is 11.9. The molecular weight excluding hydrogens is 388 g/mol. The fraction of sp³-hybridized carbons (Fsp3) is 0.143. The van der Waals surface area contributed by atoms with E-state index in [4.69, 9.17) is 4.74 Å². The number of fused-ring (bicyclic) bond motifs is 1. The van der Waals surface area contributed by atoms with Crippen LogP contribution in [-0.4, -0.2) is 30.5 Å². The summed E-state index contributed by atoms with van der Waals surface area (Å²) in [5.74, 6) is 0.683. The molecule has 0 saturated carbocycles. The van der Waals surface area contributed by atoms with Crippen LogP contribution in [0.1, 0.15) is 11.1 Å². The number of aromatic nitrogens is 3. The largest absolute Gasteiger partial charge is 0.497 e. The smallest absolute Gasteiger partial charge is 0.240 e. The van der Waals surface area contributed by atoms with E-state index in [1.54, 1.807) is 37.4 Å². The molecule has 0 unspecified atom stereocenters. The Kier molecular flexibility index (Phi) is 5.04. The van der Waals surface area contributed by atoms with Crippen molar-refractivity contribution in [3.63, 3.8) is 0 Å². The Labute approximate surface area is 168 Å². The molecule has 0 aliphatic heterocycles. The fourth-order valence-electron chi connectivity index (χ4n) is 3.17. The molecule has 2 N–H and O–H groups in total. The normalized spacial score (nSPS) is 11.7. The number of sulfonamides is 1. The topological polar surface area (TPSA) is 97.0 Å². The van der Waals surface area contributed by atoms with Gasteiger partial charge in [-0.05, 0) is 42.3 Å². The van der Waals surface area contributed by atoms with E-state index < -0.39 is 10.0 Å². The highest BCUT2D eigenvalue weighted by molar-refractivity contribution is 7.89. The zero-order chi connectivity index (χ0) is 20.4. The van der Waals surface area contributed by atoms with Crippen molar-refractivity contribution in [2.45, 2.75) is 18.4 Å². The van der Waals surface area contributed by atoms with Crippen LogP contribution in [0, 0.1) is 6.92 Å². The van der Waals surface area contributed by atoms with Gasteiger partial charge in [0.1, 0.15) is 17.7 Å². The molecule has 148 valence electrons. The summed E-state index contributed by atoms with van der Waals surface area (Å²) in [6, 6.07) is 14.0. The van der Waals surface area contributed by atoms with Crippen LogP contribution in [0.25, 0.3) is 22.3 Å². The minimum atomic E-state index is -3.65. The molecular formula is C21H20N4O3S. The Balaban J connectivity index is 1.57. The van der Waals surface area contributed by atoms with Crippen LogP contribution in [0.5, 0.6) is 5.75 Å². The first-order valence-electron chi connectivity index (χ1n) is 8.99. The molecule has 0 aliphatic carbocycles.